The number of nitrogens with zero attached hydrogens (tertiary/aromatic N) is 1. The Morgan fingerprint density at radius 2 is 2.00 bits per heavy atom. The second-order valence-corrected chi connectivity index (χ2v) is 5.81. The SMILES string of the molecule is Cl.NC(Cc1ccccc1)C(=O)N1CCCSCC1. The van der Waals surface area contributed by atoms with Crippen LogP contribution < -0.4 is 5.73 Å². The molecule has 1 saturated heterocycles. The maximum Gasteiger partial charge on any atom is 0.239 e. The van der Waals surface area contributed by atoms with Gasteiger partial charge in [-0.2, -0.15) is 11.8 Å². The minimum absolute atomic E-state index is 0. The Balaban J connectivity index is 0.00000180. The molecule has 19 heavy (non-hydrogen) atoms. The molecule has 1 amide bonds. The highest BCUT2D eigenvalue weighted by Gasteiger charge is 2.21. The van der Waals surface area contributed by atoms with Crippen molar-refractivity contribution >= 4 is 30.1 Å². The van der Waals surface area contributed by atoms with E-state index >= 15 is 0 Å². The van der Waals surface area contributed by atoms with E-state index in [-0.39, 0.29) is 18.3 Å². The van der Waals surface area contributed by atoms with Crippen molar-refractivity contribution in [1.29, 1.82) is 0 Å². The van der Waals surface area contributed by atoms with Crippen LogP contribution in [0.3, 0.4) is 0 Å². The number of hydrogen-bond donors (Lipinski definition) is 1. The molecule has 1 atom stereocenters. The second kappa shape index (κ2) is 8.46. The molecular weight excluding hydrogens is 280 g/mol. The molecule has 1 heterocycles. The Bertz CT molecular complexity index is 380. The summed E-state index contributed by atoms with van der Waals surface area (Å²) in [5.74, 6) is 2.28. The maximum absolute atomic E-state index is 12.2. The van der Waals surface area contributed by atoms with Crippen molar-refractivity contribution in [2.45, 2.75) is 18.9 Å². The summed E-state index contributed by atoms with van der Waals surface area (Å²) in [6, 6.07) is 9.57. The van der Waals surface area contributed by atoms with Gasteiger partial charge < -0.3 is 10.6 Å². The number of amides is 1. The highest BCUT2D eigenvalue weighted by Crippen LogP contribution is 2.12. The number of carbonyl (C=O) groups is 1. The Hall–Kier alpha value is -0.710. The number of benzene rings is 1. The summed E-state index contributed by atoms with van der Waals surface area (Å²) in [5, 5.41) is 0. The van der Waals surface area contributed by atoms with Crippen LogP contribution in [-0.4, -0.2) is 41.4 Å². The molecule has 1 aromatic carbocycles. The number of rotatable bonds is 3. The van der Waals surface area contributed by atoms with E-state index in [2.05, 4.69) is 0 Å². The molecule has 1 aromatic rings. The second-order valence-electron chi connectivity index (χ2n) is 4.59. The molecule has 2 rings (SSSR count). The molecule has 1 unspecified atom stereocenters. The average molecular weight is 301 g/mol. The molecule has 0 radical (unpaired) electrons. The van der Waals surface area contributed by atoms with Crippen molar-refractivity contribution in [3.05, 3.63) is 35.9 Å². The van der Waals surface area contributed by atoms with Crippen molar-refractivity contribution in [3.63, 3.8) is 0 Å². The summed E-state index contributed by atoms with van der Waals surface area (Å²) >= 11 is 1.92. The zero-order valence-corrected chi connectivity index (χ0v) is 12.6. The lowest BCUT2D eigenvalue weighted by molar-refractivity contribution is -0.132. The van der Waals surface area contributed by atoms with E-state index in [0.29, 0.717) is 6.42 Å². The molecule has 0 saturated carbocycles. The van der Waals surface area contributed by atoms with Gasteiger partial charge in [0.25, 0.3) is 0 Å². The van der Waals surface area contributed by atoms with E-state index in [0.717, 1.165) is 36.6 Å². The smallest absolute Gasteiger partial charge is 0.239 e. The Morgan fingerprint density at radius 3 is 2.74 bits per heavy atom. The number of hydrogen-bond acceptors (Lipinski definition) is 3. The first kappa shape index (κ1) is 16.3. The van der Waals surface area contributed by atoms with Crippen molar-refractivity contribution in [2.75, 3.05) is 24.6 Å². The topological polar surface area (TPSA) is 46.3 Å². The van der Waals surface area contributed by atoms with Crippen LogP contribution in [0.4, 0.5) is 0 Å². The predicted octanol–water partition coefficient (Wildman–Crippen LogP) is 1.94. The molecule has 0 bridgehead atoms. The van der Waals surface area contributed by atoms with Crippen molar-refractivity contribution in [3.8, 4) is 0 Å². The van der Waals surface area contributed by atoms with E-state index < -0.39 is 6.04 Å². The molecule has 3 nitrogen and oxygen atoms in total. The number of nitrogens with two attached hydrogens (primary N) is 1. The molecule has 106 valence electrons. The van der Waals surface area contributed by atoms with E-state index in [1.54, 1.807) is 0 Å². The summed E-state index contributed by atoms with van der Waals surface area (Å²) < 4.78 is 0. The Labute approximate surface area is 125 Å². The van der Waals surface area contributed by atoms with Crippen molar-refractivity contribution < 1.29 is 4.79 Å². The normalized spacial score (nSPS) is 17.2. The summed E-state index contributed by atoms with van der Waals surface area (Å²) in [5.41, 5.74) is 7.16. The minimum atomic E-state index is -0.407. The number of carbonyl (C=O) groups excluding carboxylic acids is 1. The van der Waals surface area contributed by atoms with Crippen molar-refractivity contribution in [1.82, 2.24) is 4.90 Å². The van der Waals surface area contributed by atoms with E-state index in [1.165, 1.54) is 0 Å². The highest BCUT2D eigenvalue weighted by atomic mass is 35.5. The minimum Gasteiger partial charge on any atom is -0.340 e. The fourth-order valence-corrected chi connectivity index (χ4v) is 3.04. The van der Waals surface area contributed by atoms with Gasteiger partial charge in [-0.1, -0.05) is 30.3 Å². The molecule has 0 aromatic heterocycles. The van der Waals surface area contributed by atoms with Gasteiger partial charge in [0.2, 0.25) is 5.91 Å². The summed E-state index contributed by atoms with van der Waals surface area (Å²) in [6.07, 6.45) is 1.71. The van der Waals surface area contributed by atoms with E-state index in [1.807, 2.05) is 47.0 Å². The van der Waals surface area contributed by atoms with Crippen LogP contribution in [0.2, 0.25) is 0 Å². The monoisotopic (exact) mass is 300 g/mol. The first-order valence-corrected chi connectivity index (χ1v) is 7.59. The molecule has 2 N–H and O–H groups in total. The van der Waals surface area contributed by atoms with Gasteiger partial charge in [-0.15, -0.1) is 12.4 Å². The third-order valence-electron chi connectivity index (χ3n) is 3.15. The van der Waals surface area contributed by atoms with Crippen LogP contribution in [0, 0.1) is 0 Å². The first-order chi connectivity index (χ1) is 8.77. The molecule has 0 aliphatic carbocycles. The third kappa shape index (κ3) is 5.05. The predicted molar refractivity (Wildman–Crippen MR) is 83.9 cm³/mol. The van der Waals surface area contributed by atoms with Crippen LogP contribution in [0.25, 0.3) is 0 Å². The first-order valence-electron chi connectivity index (χ1n) is 6.43. The molecule has 1 fully saturated rings. The maximum atomic E-state index is 12.2. The van der Waals surface area contributed by atoms with Gasteiger partial charge >= 0.3 is 0 Å². The fraction of sp³-hybridized carbons (Fsp3) is 0.500. The molecule has 0 spiro atoms. The standard InChI is InChI=1S/C14H20N2OS.ClH/c15-13(11-12-5-2-1-3-6-12)14(17)16-7-4-9-18-10-8-16;/h1-3,5-6,13H,4,7-11,15H2;1H. The summed E-state index contributed by atoms with van der Waals surface area (Å²) in [7, 11) is 0. The fourth-order valence-electron chi connectivity index (χ4n) is 2.16. The van der Waals surface area contributed by atoms with Gasteiger partial charge in [-0.05, 0) is 24.2 Å². The number of thioether (sulfide) groups is 1. The lowest BCUT2D eigenvalue weighted by Crippen LogP contribution is -2.45. The van der Waals surface area contributed by atoms with Crippen LogP contribution in [0.5, 0.6) is 0 Å². The summed E-state index contributed by atoms with van der Waals surface area (Å²) in [6.45, 7) is 1.69. The van der Waals surface area contributed by atoms with Crippen LogP contribution >= 0.6 is 24.2 Å². The lowest BCUT2D eigenvalue weighted by Gasteiger charge is -2.23. The van der Waals surface area contributed by atoms with Gasteiger partial charge in [-0.25, -0.2) is 0 Å². The molecule has 1 aliphatic rings. The van der Waals surface area contributed by atoms with Gasteiger partial charge in [0.15, 0.2) is 0 Å². The van der Waals surface area contributed by atoms with Gasteiger partial charge in [0.1, 0.15) is 0 Å². The van der Waals surface area contributed by atoms with Crippen molar-refractivity contribution in [2.24, 2.45) is 5.73 Å². The van der Waals surface area contributed by atoms with Gasteiger partial charge in [0.05, 0.1) is 6.04 Å². The summed E-state index contributed by atoms with van der Waals surface area (Å²) in [4.78, 5) is 14.2. The molecule has 1 aliphatic heterocycles. The van der Waals surface area contributed by atoms with Crippen LogP contribution in [-0.2, 0) is 11.2 Å². The molecular formula is C14H21ClN2OS. The van der Waals surface area contributed by atoms with E-state index in [9.17, 15) is 4.79 Å². The zero-order chi connectivity index (χ0) is 12.8. The van der Waals surface area contributed by atoms with Crippen LogP contribution in [0.15, 0.2) is 30.3 Å². The van der Waals surface area contributed by atoms with Crippen LogP contribution in [0.1, 0.15) is 12.0 Å². The highest BCUT2D eigenvalue weighted by molar-refractivity contribution is 7.99. The zero-order valence-electron chi connectivity index (χ0n) is 11.0. The lowest BCUT2D eigenvalue weighted by atomic mass is 10.1. The van der Waals surface area contributed by atoms with Gasteiger partial charge in [-0.3, -0.25) is 4.79 Å². The third-order valence-corrected chi connectivity index (χ3v) is 4.20. The molecule has 5 heteroatoms. The number of halogens is 1. The van der Waals surface area contributed by atoms with E-state index in [4.69, 9.17) is 5.73 Å². The quantitative estimate of drug-likeness (QED) is 0.928. The Morgan fingerprint density at radius 1 is 1.26 bits per heavy atom. The Kier molecular flexibility index (Phi) is 7.28. The van der Waals surface area contributed by atoms with Gasteiger partial charge in [0, 0.05) is 18.8 Å². The average Bonchev–Trinajstić information content (AvgIpc) is 2.68. The largest absolute Gasteiger partial charge is 0.340 e.